The first-order chi connectivity index (χ1) is 12.0. The topological polar surface area (TPSA) is 67.2 Å². The summed E-state index contributed by atoms with van der Waals surface area (Å²) in [6.45, 7) is 4.39. The summed E-state index contributed by atoms with van der Waals surface area (Å²) in [5.74, 6) is -0.819. The minimum atomic E-state index is -0.552. The van der Waals surface area contributed by atoms with E-state index >= 15 is 0 Å². The Labute approximate surface area is 145 Å². The van der Waals surface area contributed by atoms with Gasteiger partial charge in [-0.3, -0.25) is 9.59 Å². The lowest BCUT2D eigenvalue weighted by atomic mass is 10.0. The van der Waals surface area contributed by atoms with Crippen LogP contribution in [0.3, 0.4) is 0 Å². The molecule has 0 radical (unpaired) electrons. The lowest BCUT2D eigenvalue weighted by Gasteiger charge is -2.29. The quantitative estimate of drug-likeness (QED) is 0.906. The van der Waals surface area contributed by atoms with E-state index in [-0.39, 0.29) is 17.7 Å². The van der Waals surface area contributed by atoms with Gasteiger partial charge in [-0.05, 0) is 36.6 Å². The summed E-state index contributed by atoms with van der Waals surface area (Å²) in [6, 6.07) is 5.60. The number of rotatable bonds is 5. The first-order valence-corrected chi connectivity index (χ1v) is 8.37. The predicted molar refractivity (Wildman–Crippen MR) is 91.7 cm³/mol. The van der Waals surface area contributed by atoms with Crippen LogP contribution in [-0.4, -0.2) is 39.1 Å². The SMILES string of the molecule is CC(C)[C@@H](C(=O)Nc1ccc(-n2cccn2)c(F)c1)N1CCCC1=O. The van der Waals surface area contributed by atoms with Gasteiger partial charge in [0.1, 0.15) is 11.7 Å². The van der Waals surface area contributed by atoms with Crippen LogP contribution in [-0.2, 0) is 9.59 Å². The van der Waals surface area contributed by atoms with Crippen LogP contribution in [0.5, 0.6) is 0 Å². The molecule has 0 spiro atoms. The summed E-state index contributed by atoms with van der Waals surface area (Å²) >= 11 is 0. The molecule has 1 aliphatic rings. The van der Waals surface area contributed by atoms with Crippen molar-refractivity contribution in [2.75, 3.05) is 11.9 Å². The van der Waals surface area contributed by atoms with E-state index in [9.17, 15) is 14.0 Å². The highest BCUT2D eigenvalue weighted by Crippen LogP contribution is 2.22. The highest BCUT2D eigenvalue weighted by atomic mass is 19.1. The van der Waals surface area contributed by atoms with E-state index in [1.807, 2.05) is 13.8 Å². The van der Waals surface area contributed by atoms with Gasteiger partial charge in [0, 0.05) is 31.0 Å². The van der Waals surface area contributed by atoms with Gasteiger partial charge in [-0.2, -0.15) is 5.10 Å². The van der Waals surface area contributed by atoms with Crippen molar-refractivity contribution in [1.82, 2.24) is 14.7 Å². The van der Waals surface area contributed by atoms with Crippen LogP contribution >= 0.6 is 0 Å². The third kappa shape index (κ3) is 3.55. The van der Waals surface area contributed by atoms with Crippen molar-refractivity contribution in [3.8, 4) is 5.69 Å². The van der Waals surface area contributed by atoms with Crippen molar-refractivity contribution in [1.29, 1.82) is 0 Å². The number of likely N-dealkylation sites (tertiary alicyclic amines) is 1. The summed E-state index contributed by atoms with van der Waals surface area (Å²) in [6.07, 6.45) is 4.45. The first kappa shape index (κ1) is 17.1. The Morgan fingerprint density at radius 2 is 2.16 bits per heavy atom. The zero-order valence-electron chi connectivity index (χ0n) is 14.3. The largest absolute Gasteiger partial charge is 0.330 e. The van der Waals surface area contributed by atoms with Gasteiger partial charge in [0.15, 0.2) is 5.82 Å². The fraction of sp³-hybridized carbons (Fsp3) is 0.389. The zero-order chi connectivity index (χ0) is 18.0. The lowest BCUT2D eigenvalue weighted by molar-refractivity contribution is -0.136. The second kappa shape index (κ2) is 7.04. The molecular formula is C18H21FN4O2. The van der Waals surface area contributed by atoms with Gasteiger partial charge in [0.25, 0.3) is 0 Å². The van der Waals surface area contributed by atoms with Gasteiger partial charge in [-0.15, -0.1) is 0 Å². The molecule has 2 heterocycles. The summed E-state index contributed by atoms with van der Waals surface area (Å²) in [5.41, 5.74) is 0.661. The minimum Gasteiger partial charge on any atom is -0.330 e. The normalized spacial score (nSPS) is 15.7. The van der Waals surface area contributed by atoms with E-state index in [0.717, 1.165) is 6.42 Å². The van der Waals surface area contributed by atoms with Crippen molar-refractivity contribution < 1.29 is 14.0 Å². The molecular weight excluding hydrogens is 323 g/mol. The molecule has 0 bridgehead atoms. The van der Waals surface area contributed by atoms with Crippen LogP contribution < -0.4 is 5.32 Å². The molecule has 2 amide bonds. The second-order valence-electron chi connectivity index (χ2n) is 6.49. The predicted octanol–water partition coefficient (Wildman–Crippen LogP) is 2.60. The number of carbonyl (C=O) groups excluding carboxylic acids is 2. The minimum absolute atomic E-state index is 0.00550. The standard InChI is InChI=1S/C18H21FN4O2/c1-12(2)17(22-9-3-5-16(22)24)18(25)21-13-6-7-15(14(19)11-13)23-10-4-8-20-23/h4,6-8,10-12,17H,3,5,9H2,1-2H3,(H,21,25)/t17-/m0/s1. The molecule has 1 N–H and O–H groups in total. The van der Waals surface area contributed by atoms with Gasteiger partial charge < -0.3 is 10.2 Å². The molecule has 1 atom stereocenters. The number of anilines is 1. The van der Waals surface area contributed by atoms with Crippen LogP contribution in [0.1, 0.15) is 26.7 Å². The zero-order valence-corrected chi connectivity index (χ0v) is 14.3. The Morgan fingerprint density at radius 3 is 2.72 bits per heavy atom. The molecule has 7 heteroatoms. The summed E-state index contributed by atoms with van der Waals surface area (Å²) in [5, 5.41) is 6.73. The number of hydrogen-bond acceptors (Lipinski definition) is 3. The van der Waals surface area contributed by atoms with Crippen LogP contribution in [0.15, 0.2) is 36.7 Å². The van der Waals surface area contributed by atoms with E-state index in [1.165, 1.54) is 10.7 Å². The number of benzene rings is 1. The maximum absolute atomic E-state index is 14.3. The van der Waals surface area contributed by atoms with Gasteiger partial charge in [-0.25, -0.2) is 9.07 Å². The molecule has 2 aromatic rings. The van der Waals surface area contributed by atoms with Crippen LogP contribution in [0.25, 0.3) is 5.69 Å². The highest BCUT2D eigenvalue weighted by Gasteiger charge is 2.34. The van der Waals surface area contributed by atoms with E-state index in [0.29, 0.717) is 24.3 Å². The molecule has 6 nitrogen and oxygen atoms in total. The van der Waals surface area contributed by atoms with Gasteiger partial charge >= 0.3 is 0 Å². The summed E-state index contributed by atoms with van der Waals surface area (Å²) < 4.78 is 15.7. The second-order valence-corrected chi connectivity index (χ2v) is 6.49. The van der Waals surface area contributed by atoms with Crippen LogP contribution in [0, 0.1) is 11.7 Å². The number of aromatic nitrogens is 2. The maximum atomic E-state index is 14.3. The number of hydrogen-bond donors (Lipinski definition) is 1. The third-order valence-electron chi connectivity index (χ3n) is 4.31. The van der Waals surface area contributed by atoms with E-state index in [2.05, 4.69) is 10.4 Å². The molecule has 132 valence electrons. The van der Waals surface area contributed by atoms with Crippen LogP contribution in [0.2, 0.25) is 0 Å². The van der Waals surface area contributed by atoms with Crippen molar-refractivity contribution >= 4 is 17.5 Å². The molecule has 0 unspecified atom stereocenters. The van der Waals surface area contributed by atoms with Crippen molar-refractivity contribution in [3.63, 3.8) is 0 Å². The maximum Gasteiger partial charge on any atom is 0.247 e. The average Bonchev–Trinajstić information content (AvgIpc) is 3.20. The molecule has 1 aromatic heterocycles. The summed E-state index contributed by atoms with van der Waals surface area (Å²) in [7, 11) is 0. The van der Waals surface area contributed by atoms with E-state index in [4.69, 9.17) is 0 Å². The lowest BCUT2D eigenvalue weighted by Crippen LogP contribution is -2.47. The van der Waals surface area contributed by atoms with Crippen LogP contribution in [0.4, 0.5) is 10.1 Å². The number of amides is 2. The molecule has 0 aliphatic carbocycles. The van der Waals surface area contributed by atoms with Crippen molar-refractivity contribution in [3.05, 3.63) is 42.5 Å². The monoisotopic (exact) mass is 344 g/mol. The Balaban J connectivity index is 1.77. The summed E-state index contributed by atoms with van der Waals surface area (Å²) in [4.78, 5) is 26.3. The fourth-order valence-corrected chi connectivity index (χ4v) is 3.17. The number of nitrogens with one attached hydrogen (secondary N) is 1. The number of nitrogens with zero attached hydrogens (tertiary/aromatic N) is 3. The van der Waals surface area contributed by atoms with Gasteiger partial charge in [-0.1, -0.05) is 13.8 Å². The average molecular weight is 344 g/mol. The van der Waals surface area contributed by atoms with E-state index in [1.54, 1.807) is 35.5 Å². The third-order valence-corrected chi connectivity index (χ3v) is 4.31. The van der Waals surface area contributed by atoms with Gasteiger partial charge in [0.05, 0.1) is 0 Å². The van der Waals surface area contributed by atoms with Crippen molar-refractivity contribution in [2.24, 2.45) is 5.92 Å². The molecule has 0 saturated carbocycles. The van der Waals surface area contributed by atoms with Crippen molar-refractivity contribution in [2.45, 2.75) is 32.7 Å². The molecule has 25 heavy (non-hydrogen) atoms. The molecule has 1 saturated heterocycles. The molecule has 1 fully saturated rings. The molecule has 1 aliphatic heterocycles. The highest BCUT2D eigenvalue weighted by molar-refractivity contribution is 5.97. The Morgan fingerprint density at radius 1 is 1.36 bits per heavy atom. The number of halogens is 1. The van der Waals surface area contributed by atoms with E-state index < -0.39 is 11.9 Å². The smallest absolute Gasteiger partial charge is 0.247 e. The number of carbonyl (C=O) groups is 2. The fourth-order valence-electron chi connectivity index (χ4n) is 3.17. The molecule has 3 rings (SSSR count). The Bertz CT molecular complexity index is 773. The Kier molecular flexibility index (Phi) is 4.83. The molecule has 1 aromatic carbocycles. The van der Waals surface area contributed by atoms with Gasteiger partial charge in [0.2, 0.25) is 11.8 Å². The first-order valence-electron chi connectivity index (χ1n) is 8.37. The Hall–Kier alpha value is -2.70.